The second-order valence-corrected chi connectivity index (χ2v) is 7.11. The molecule has 0 bridgehead atoms. The second-order valence-electron chi connectivity index (χ2n) is 4.13. The number of hydrogen-bond acceptors (Lipinski definition) is 4. The lowest BCUT2D eigenvalue weighted by atomic mass is 10.2. The van der Waals surface area contributed by atoms with Crippen molar-refractivity contribution in [1.82, 2.24) is 0 Å². The predicted molar refractivity (Wildman–Crippen MR) is 83.2 cm³/mol. The van der Waals surface area contributed by atoms with Crippen LogP contribution in [0.15, 0.2) is 52.3 Å². The summed E-state index contributed by atoms with van der Waals surface area (Å²) in [4.78, 5) is 0.644. The molecule has 0 fully saturated rings. The molecule has 0 unspecified atom stereocenters. The van der Waals surface area contributed by atoms with E-state index in [1.54, 1.807) is 12.1 Å². The molecule has 0 saturated heterocycles. The minimum absolute atomic E-state index is 0.0430. The van der Waals surface area contributed by atoms with Gasteiger partial charge in [-0.3, -0.25) is 0 Å². The van der Waals surface area contributed by atoms with Crippen LogP contribution < -0.4 is 10.9 Å². The molecule has 0 atom stereocenters. The molecule has 0 radical (unpaired) electrons. The number of nitrogens with two attached hydrogens (primary N) is 2. The van der Waals surface area contributed by atoms with Crippen LogP contribution in [0.3, 0.4) is 0 Å². The Morgan fingerprint density at radius 1 is 1.10 bits per heavy atom. The standard InChI is InChI=1S/C13H13ClN2O2S2/c14-10-6-4-9(5-7-10)8-19-11-2-1-3-12(13(11)15)20(16,17)18/h1-7H,8,15H2,(H2,16,17,18). The third-order valence-corrected chi connectivity index (χ3v) is 5.01. The first kappa shape index (κ1) is 15.2. The van der Waals surface area contributed by atoms with E-state index in [2.05, 4.69) is 0 Å². The zero-order chi connectivity index (χ0) is 14.8. The predicted octanol–water partition coefficient (Wildman–Crippen LogP) is 2.86. The monoisotopic (exact) mass is 328 g/mol. The molecule has 0 heterocycles. The van der Waals surface area contributed by atoms with Gasteiger partial charge in [-0.1, -0.05) is 29.8 Å². The molecule has 4 nitrogen and oxygen atoms in total. The molecule has 7 heteroatoms. The average Bonchev–Trinajstić information content (AvgIpc) is 2.38. The number of anilines is 1. The van der Waals surface area contributed by atoms with Crippen LogP contribution in [0, 0.1) is 0 Å². The Morgan fingerprint density at radius 3 is 2.35 bits per heavy atom. The molecule has 20 heavy (non-hydrogen) atoms. The first-order valence-electron chi connectivity index (χ1n) is 5.66. The molecule has 0 saturated carbocycles. The van der Waals surface area contributed by atoms with Crippen LogP contribution >= 0.6 is 23.4 Å². The molecule has 0 aliphatic rings. The topological polar surface area (TPSA) is 86.2 Å². The summed E-state index contributed by atoms with van der Waals surface area (Å²) in [7, 11) is -3.80. The number of thioether (sulfide) groups is 1. The van der Waals surface area contributed by atoms with Crippen LogP contribution in [0.25, 0.3) is 0 Å². The number of hydrogen-bond donors (Lipinski definition) is 2. The molecule has 2 rings (SSSR count). The zero-order valence-electron chi connectivity index (χ0n) is 10.4. The lowest BCUT2D eigenvalue weighted by Gasteiger charge is -2.09. The van der Waals surface area contributed by atoms with Gasteiger partial charge in [0.25, 0.3) is 0 Å². The lowest BCUT2D eigenvalue weighted by molar-refractivity contribution is 0.598. The average molecular weight is 329 g/mol. The van der Waals surface area contributed by atoms with Crippen molar-refractivity contribution in [2.75, 3.05) is 5.73 Å². The highest BCUT2D eigenvalue weighted by Gasteiger charge is 2.14. The molecule has 2 aromatic carbocycles. The Kier molecular flexibility index (Phi) is 4.59. The van der Waals surface area contributed by atoms with Gasteiger partial charge in [0.05, 0.1) is 5.69 Å². The van der Waals surface area contributed by atoms with E-state index in [4.69, 9.17) is 22.5 Å². The number of benzene rings is 2. The van der Waals surface area contributed by atoms with Crippen molar-refractivity contribution in [3.05, 3.63) is 53.1 Å². The van der Waals surface area contributed by atoms with Crippen LogP contribution in [0.5, 0.6) is 0 Å². The van der Waals surface area contributed by atoms with Gasteiger partial charge in [-0.25, -0.2) is 13.6 Å². The summed E-state index contributed by atoms with van der Waals surface area (Å²) in [5.74, 6) is 0.662. The molecule has 106 valence electrons. The SMILES string of the molecule is Nc1c(SCc2ccc(Cl)cc2)cccc1S(N)(=O)=O. The maximum Gasteiger partial charge on any atom is 0.240 e. The third kappa shape index (κ3) is 3.67. The molecule has 0 aliphatic heterocycles. The number of para-hydroxylation sites is 1. The van der Waals surface area contributed by atoms with E-state index >= 15 is 0 Å². The Bertz CT molecular complexity index is 716. The lowest BCUT2D eigenvalue weighted by Crippen LogP contribution is -2.14. The van der Waals surface area contributed by atoms with Crippen LogP contribution in [-0.4, -0.2) is 8.42 Å². The van der Waals surface area contributed by atoms with Crippen molar-refractivity contribution in [1.29, 1.82) is 0 Å². The van der Waals surface area contributed by atoms with Gasteiger partial charge in [0.1, 0.15) is 4.90 Å². The van der Waals surface area contributed by atoms with E-state index in [1.165, 1.54) is 17.8 Å². The van der Waals surface area contributed by atoms with Crippen molar-refractivity contribution in [2.45, 2.75) is 15.5 Å². The van der Waals surface area contributed by atoms with Crippen molar-refractivity contribution in [3.63, 3.8) is 0 Å². The fraction of sp³-hybridized carbons (Fsp3) is 0.0769. The fourth-order valence-electron chi connectivity index (χ4n) is 1.64. The summed E-state index contributed by atoms with van der Waals surface area (Å²) >= 11 is 7.27. The van der Waals surface area contributed by atoms with Gasteiger partial charge in [-0.05, 0) is 29.8 Å². The molecule has 4 N–H and O–H groups in total. The van der Waals surface area contributed by atoms with Gasteiger partial charge in [-0.15, -0.1) is 11.8 Å². The number of rotatable bonds is 4. The normalized spacial score (nSPS) is 11.5. The summed E-state index contributed by atoms with van der Waals surface area (Å²) in [6.07, 6.45) is 0. The van der Waals surface area contributed by atoms with E-state index in [9.17, 15) is 8.42 Å². The van der Waals surface area contributed by atoms with E-state index in [-0.39, 0.29) is 10.6 Å². The van der Waals surface area contributed by atoms with E-state index in [0.717, 1.165) is 5.56 Å². The Hall–Kier alpha value is -1.21. The van der Waals surface area contributed by atoms with E-state index in [1.807, 2.05) is 24.3 Å². The summed E-state index contributed by atoms with van der Waals surface area (Å²) in [6.45, 7) is 0. The summed E-state index contributed by atoms with van der Waals surface area (Å²) in [6, 6.07) is 12.2. The van der Waals surface area contributed by atoms with Crippen molar-refractivity contribution < 1.29 is 8.42 Å². The summed E-state index contributed by atoms with van der Waals surface area (Å²) < 4.78 is 22.8. The maximum atomic E-state index is 11.4. The highest BCUT2D eigenvalue weighted by atomic mass is 35.5. The molecule has 0 spiro atoms. The molecule has 0 aliphatic carbocycles. The number of primary sulfonamides is 1. The van der Waals surface area contributed by atoms with E-state index < -0.39 is 10.0 Å². The van der Waals surface area contributed by atoms with Gasteiger partial charge >= 0.3 is 0 Å². The third-order valence-electron chi connectivity index (χ3n) is 2.64. The minimum Gasteiger partial charge on any atom is -0.397 e. The quantitative estimate of drug-likeness (QED) is 0.667. The van der Waals surface area contributed by atoms with Gasteiger partial charge in [0.2, 0.25) is 10.0 Å². The van der Waals surface area contributed by atoms with Crippen LogP contribution in [0.1, 0.15) is 5.56 Å². The highest BCUT2D eigenvalue weighted by molar-refractivity contribution is 7.98. The molecule has 0 aromatic heterocycles. The number of sulfonamides is 1. The van der Waals surface area contributed by atoms with Crippen LogP contribution in [0.4, 0.5) is 5.69 Å². The summed E-state index contributed by atoms with van der Waals surface area (Å²) in [5.41, 5.74) is 7.11. The zero-order valence-corrected chi connectivity index (χ0v) is 12.8. The molecular weight excluding hydrogens is 316 g/mol. The number of nitrogen functional groups attached to an aromatic ring is 1. The smallest absolute Gasteiger partial charge is 0.240 e. The largest absolute Gasteiger partial charge is 0.397 e. The first-order chi connectivity index (χ1) is 9.38. The minimum atomic E-state index is -3.80. The maximum absolute atomic E-state index is 11.4. The van der Waals surface area contributed by atoms with Gasteiger partial charge in [0.15, 0.2) is 0 Å². The fourth-order valence-corrected chi connectivity index (χ4v) is 3.47. The van der Waals surface area contributed by atoms with E-state index in [0.29, 0.717) is 15.7 Å². The van der Waals surface area contributed by atoms with Crippen molar-refractivity contribution in [3.8, 4) is 0 Å². The van der Waals surface area contributed by atoms with Gasteiger partial charge in [0, 0.05) is 15.7 Å². The summed E-state index contributed by atoms with van der Waals surface area (Å²) in [5, 5.41) is 5.79. The van der Waals surface area contributed by atoms with Crippen LogP contribution in [0.2, 0.25) is 5.02 Å². The number of halogens is 1. The molecule has 0 amide bonds. The first-order valence-corrected chi connectivity index (χ1v) is 8.57. The Balaban J connectivity index is 2.20. The van der Waals surface area contributed by atoms with Crippen molar-refractivity contribution in [2.24, 2.45) is 5.14 Å². The van der Waals surface area contributed by atoms with Crippen molar-refractivity contribution >= 4 is 39.1 Å². The highest BCUT2D eigenvalue weighted by Crippen LogP contribution is 2.32. The Labute approximate surface area is 127 Å². The second kappa shape index (κ2) is 6.05. The Morgan fingerprint density at radius 2 is 1.75 bits per heavy atom. The molecular formula is C13H13ClN2O2S2. The van der Waals surface area contributed by atoms with Gasteiger partial charge < -0.3 is 5.73 Å². The van der Waals surface area contributed by atoms with Crippen LogP contribution in [-0.2, 0) is 15.8 Å². The molecule has 2 aromatic rings. The van der Waals surface area contributed by atoms with Gasteiger partial charge in [-0.2, -0.15) is 0 Å².